The predicted octanol–water partition coefficient (Wildman–Crippen LogP) is 4.81. The fraction of sp³-hybridized carbons (Fsp3) is 0.217. The molecular weight excluding hydrogens is 338 g/mol. The van der Waals surface area contributed by atoms with Crippen molar-refractivity contribution in [2.45, 2.75) is 33.7 Å². The number of carbonyl (C=O) groups excluding carboxylic acids is 2. The van der Waals surface area contributed by atoms with E-state index in [-0.39, 0.29) is 11.8 Å². The Morgan fingerprint density at radius 3 is 2.19 bits per heavy atom. The molecule has 0 bridgehead atoms. The summed E-state index contributed by atoms with van der Waals surface area (Å²) in [6.07, 6.45) is 0. The quantitative estimate of drug-likeness (QED) is 0.372. The summed E-state index contributed by atoms with van der Waals surface area (Å²) >= 11 is 0. The van der Waals surface area contributed by atoms with Gasteiger partial charge < -0.3 is 9.30 Å². The Labute approximate surface area is 159 Å². The number of aromatic nitrogens is 1. The first-order chi connectivity index (χ1) is 12.9. The summed E-state index contributed by atoms with van der Waals surface area (Å²) < 4.78 is 7.36. The van der Waals surface area contributed by atoms with Crippen LogP contribution in [0, 0.1) is 20.8 Å². The zero-order valence-corrected chi connectivity index (χ0v) is 16.0. The van der Waals surface area contributed by atoms with E-state index in [2.05, 4.69) is 0 Å². The molecular formula is C23H23NO3. The van der Waals surface area contributed by atoms with Gasteiger partial charge in [-0.25, -0.2) is 4.79 Å². The third kappa shape index (κ3) is 3.85. The Kier molecular flexibility index (Phi) is 5.26. The van der Waals surface area contributed by atoms with Gasteiger partial charge in [0.25, 0.3) is 0 Å². The maximum Gasteiger partial charge on any atom is 0.334 e. The Hall–Kier alpha value is -3.14. The molecule has 0 spiro atoms. The summed E-state index contributed by atoms with van der Waals surface area (Å²) in [5.41, 5.74) is 3.94. The maximum absolute atomic E-state index is 12.8. The Balaban J connectivity index is 1.86. The lowest BCUT2D eigenvalue weighted by Crippen LogP contribution is -2.23. The molecule has 0 saturated heterocycles. The van der Waals surface area contributed by atoms with Gasteiger partial charge in [-0.15, -0.1) is 0 Å². The molecule has 2 aromatic carbocycles. The second-order valence-electron chi connectivity index (χ2n) is 6.76. The predicted molar refractivity (Wildman–Crippen MR) is 105 cm³/mol. The highest BCUT2D eigenvalue weighted by Gasteiger charge is 2.24. The molecule has 0 aliphatic heterocycles. The molecule has 0 aliphatic carbocycles. The number of rotatable bonds is 5. The molecule has 0 aliphatic rings. The minimum Gasteiger partial charge on any atom is -0.425 e. The largest absolute Gasteiger partial charge is 0.425 e. The van der Waals surface area contributed by atoms with Crippen molar-refractivity contribution in [1.29, 1.82) is 0 Å². The van der Waals surface area contributed by atoms with Crippen LogP contribution in [0.1, 0.15) is 45.8 Å². The molecule has 0 amide bonds. The molecule has 0 saturated carbocycles. The molecule has 1 atom stereocenters. The van der Waals surface area contributed by atoms with E-state index in [4.69, 9.17) is 4.74 Å². The van der Waals surface area contributed by atoms with Gasteiger partial charge in [0.15, 0.2) is 5.78 Å². The van der Waals surface area contributed by atoms with Crippen LogP contribution in [-0.2, 0) is 4.79 Å². The second kappa shape index (κ2) is 7.62. The lowest BCUT2D eigenvalue weighted by Gasteiger charge is -2.17. The van der Waals surface area contributed by atoms with E-state index in [0.29, 0.717) is 16.9 Å². The molecule has 4 nitrogen and oxygen atoms in total. The molecule has 138 valence electrons. The number of ketones is 1. The van der Waals surface area contributed by atoms with E-state index in [0.717, 1.165) is 17.0 Å². The fourth-order valence-electron chi connectivity index (χ4n) is 3.26. The zero-order valence-electron chi connectivity index (χ0n) is 16.0. The SMILES string of the molecule is Cc1ccc(OC(=O)C(C)n2c(C)cc(C(=O)c3ccccc3)c2C)cc1. The summed E-state index contributed by atoms with van der Waals surface area (Å²) in [4.78, 5) is 25.4. The van der Waals surface area contributed by atoms with Crippen molar-refractivity contribution in [3.05, 3.63) is 88.7 Å². The van der Waals surface area contributed by atoms with Crippen LogP contribution in [0.3, 0.4) is 0 Å². The van der Waals surface area contributed by atoms with Crippen LogP contribution in [0.4, 0.5) is 0 Å². The number of hydrogen-bond acceptors (Lipinski definition) is 3. The number of carbonyl (C=O) groups is 2. The first-order valence-corrected chi connectivity index (χ1v) is 8.95. The van der Waals surface area contributed by atoms with Crippen molar-refractivity contribution in [1.82, 2.24) is 4.57 Å². The second-order valence-corrected chi connectivity index (χ2v) is 6.76. The third-order valence-corrected chi connectivity index (χ3v) is 4.73. The van der Waals surface area contributed by atoms with Crippen LogP contribution in [0.15, 0.2) is 60.7 Å². The minimum absolute atomic E-state index is 0.0472. The van der Waals surface area contributed by atoms with E-state index in [1.807, 2.05) is 61.7 Å². The number of ether oxygens (including phenoxy) is 1. The van der Waals surface area contributed by atoms with Crippen LogP contribution < -0.4 is 4.74 Å². The van der Waals surface area contributed by atoms with E-state index >= 15 is 0 Å². The van der Waals surface area contributed by atoms with Gasteiger partial charge >= 0.3 is 5.97 Å². The minimum atomic E-state index is -0.538. The molecule has 1 unspecified atom stereocenters. The molecule has 3 aromatic rings. The third-order valence-electron chi connectivity index (χ3n) is 4.73. The first kappa shape index (κ1) is 18.6. The summed E-state index contributed by atoms with van der Waals surface area (Å²) in [6, 6.07) is 17.8. The smallest absolute Gasteiger partial charge is 0.334 e. The Morgan fingerprint density at radius 1 is 0.926 bits per heavy atom. The maximum atomic E-state index is 12.8. The van der Waals surface area contributed by atoms with Crippen molar-refractivity contribution in [2.24, 2.45) is 0 Å². The van der Waals surface area contributed by atoms with E-state index in [1.54, 1.807) is 31.2 Å². The standard InChI is InChI=1S/C23H23NO3/c1-15-10-12-20(13-11-15)27-23(26)18(4)24-16(2)14-21(17(24)3)22(25)19-8-6-5-7-9-19/h5-14,18H,1-4H3. The highest BCUT2D eigenvalue weighted by Crippen LogP contribution is 2.24. The highest BCUT2D eigenvalue weighted by molar-refractivity contribution is 6.10. The molecule has 3 rings (SSSR count). The van der Waals surface area contributed by atoms with Crippen LogP contribution in [0.5, 0.6) is 5.75 Å². The Bertz CT molecular complexity index is 969. The average Bonchev–Trinajstić information content (AvgIpc) is 2.97. The number of nitrogens with zero attached hydrogens (tertiary/aromatic N) is 1. The lowest BCUT2D eigenvalue weighted by molar-refractivity contribution is -0.137. The van der Waals surface area contributed by atoms with Crippen LogP contribution >= 0.6 is 0 Å². The highest BCUT2D eigenvalue weighted by atomic mass is 16.5. The van der Waals surface area contributed by atoms with Gasteiger partial charge in [-0.2, -0.15) is 0 Å². The van der Waals surface area contributed by atoms with Crippen molar-refractivity contribution < 1.29 is 14.3 Å². The Morgan fingerprint density at radius 2 is 1.56 bits per heavy atom. The van der Waals surface area contributed by atoms with Crippen LogP contribution in [0.2, 0.25) is 0 Å². The van der Waals surface area contributed by atoms with E-state index in [9.17, 15) is 9.59 Å². The number of aryl methyl sites for hydroxylation is 2. The van der Waals surface area contributed by atoms with Gasteiger partial charge in [-0.05, 0) is 45.9 Å². The topological polar surface area (TPSA) is 48.3 Å². The summed E-state index contributed by atoms with van der Waals surface area (Å²) in [5, 5.41) is 0. The van der Waals surface area contributed by atoms with Gasteiger partial charge in [-0.1, -0.05) is 48.0 Å². The average molecular weight is 361 g/mol. The van der Waals surface area contributed by atoms with Gasteiger partial charge in [0.05, 0.1) is 0 Å². The van der Waals surface area contributed by atoms with E-state index < -0.39 is 6.04 Å². The fourth-order valence-corrected chi connectivity index (χ4v) is 3.26. The summed E-state index contributed by atoms with van der Waals surface area (Å²) in [5.74, 6) is 0.105. The van der Waals surface area contributed by atoms with Crippen LogP contribution in [-0.4, -0.2) is 16.3 Å². The number of esters is 1. The van der Waals surface area contributed by atoms with E-state index in [1.165, 1.54) is 0 Å². The molecule has 0 fully saturated rings. The van der Waals surface area contributed by atoms with Crippen molar-refractivity contribution in [2.75, 3.05) is 0 Å². The molecule has 1 aromatic heterocycles. The summed E-state index contributed by atoms with van der Waals surface area (Å²) in [7, 11) is 0. The van der Waals surface area contributed by atoms with Gasteiger partial charge in [0.1, 0.15) is 11.8 Å². The molecule has 0 N–H and O–H groups in total. The van der Waals surface area contributed by atoms with Crippen LogP contribution in [0.25, 0.3) is 0 Å². The van der Waals surface area contributed by atoms with Gasteiger partial charge in [0, 0.05) is 22.5 Å². The monoisotopic (exact) mass is 361 g/mol. The molecule has 27 heavy (non-hydrogen) atoms. The first-order valence-electron chi connectivity index (χ1n) is 8.95. The lowest BCUT2D eigenvalue weighted by atomic mass is 10.0. The molecule has 4 heteroatoms. The van der Waals surface area contributed by atoms with Crippen molar-refractivity contribution >= 4 is 11.8 Å². The zero-order chi connectivity index (χ0) is 19.6. The van der Waals surface area contributed by atoms with Crippen molar-refractivity contribution in [3.8, 4) is 5.75 Å². The van der Waals surface area contributed by atoms with Gasteiger partial charge in [-0.3, -0.25) is 4.79 Å². The molecule has 0 radical (unpaired) electrons. The van der Waals surface area contributed by atoms with Crippen molar-refractivity contribution in [3.63, 3.8) is 0 Å². The normalized spacial score (nSPS) is 11.9. The van der Waals surface area contributed by atoms with Gasteiger partial charge in [0.2, 0.25) is 0 Å². The molecule has 1 heterocycles. The number of hydrogen-bond donors (Lipinski definition) is 0. The summed E-state index contributed by atoms with van der Waals surface area (Å²) in [6.45, 7) is 7.52. The number of benzene rings is 2.